The number of fused-ring (bicyclic) bond motifs is 1. The van der Waals surface area contributed by atoms with E-state index in [1.165, 1.54) is 13.2 Å². The van der Waals surface area contributed by atoms with Gasteiger partial charge in [0.05, 0.1) is 24.9 Å². The molecular weight excluding hydrogens is 317 g/mol. The molecular formula is C18H15F3N2O. The van der Waals surface area contributed by atoms with E-state index in [1.807, 2.05) is 24.3 Å². The van der Waals surface area contributed by atoms with Gasteiger partial charge in [-0.2, -0.15) is 13.2 Å². The van der Waals surface area contributed by atoms with Crippen molar-refractivity contribution in [2.45, 2.75) is 6.18 Å². The molecule has 2 aromatic rings. The van der Waals surface area contributed by atoms with Crippen LogP contribution in [0.4, 0.5) is 13.2 Å². The molecule has 0 atom stereocenters. The van der Waals surface area contributed by atoms with Crippen LogP contribution in [0.3, 0.4) is 0 Å². The van der Waals surface area contributed by atoms with Crippen molar-refractivity contribution >= 4 is 11.4 Å². The van der Waals surface area contributed by atoms with Gasteiger partial charge in [-0.3, -0.25) is 4.99 Å². The van der Waals surface area contributed by atoms with Crippen molar-refractivity contribution in [3.05, 3.63) is 70.8 Å². The number of nitrogens with zero attached hydrogens (tertiary/aromatic N) is 1. The first-order valence-corrected chi connectivity index (χ1v) is 7.27. The summed E-state index contributed by atoms with van der Waals surface area (Å²) in [5, 5.41) is 0. The van der Waals surface area contributed by atoms with Gasteiger partial charge in [-0.15, -0.1) is 0 Å². The highest BCUT2D eigenvalue weighted by atomic mass is 19.4. The Bertz CT molecular complexity index is 838. The highest BCUT2D eigenvalue weighted by Gasteiger charge is 2.32. The summed E-state index contributed by atoms with van der Waals surface area (Å²) < 4.78 is 44.0. The maximum atomic E-state index is 12.9. The predicted octanol–water partition coefficient (Wildman–Crippen LogP) is 3.86. The predicted molar refractivity (Wildman–Crippen MR) is 87.1 cm³/mol. The largest absolute Gasteiger partial charge is 0.496 e. The van der Waals surface area contributed by atoms with E-state index < -0.39 is 11.7 Å². The van der Waals surface area contributed by atoms with E-state index >= 15 is 0 Å². The van der Waals surface area contributed by atoms with Crippen molar-refractivity contribution in [2.75, 3.05) is 13.7 Å². The van der Waals surface area contributed by atoms with E-state index in [-0.39, 0.29) is 5.75 Å². The van der Waals surface area contributed by atoms with Gasteiger partial charge >= 0.3 is 6.18 Å². The first-order valence-electron chi connectivity index (χ1n) is 7.27. The van der Waals surface area contributed by atoms with Gasteiger partial charge in [-0.1, -0.05) is 24.3 Å². The third kappa shape index (κ3) is 2.87. The van der Waals surface area contributed by atoms with Crippen molar-refractivity contribution in [3.63, 3.8) is 0 Å². The van der Waals surface area contributed by atoms with Crippen LogP contribution in [0.25, 0.3) is 5.70 Å². The van der Waals surface area contributed by atoms with Gasteiger partial charge in [-0.25, -0.2) is 0 Å². The average Bonchev–Trinajstić information content (AvgIpc) is 2.73. The molecule has 124 valence electrons. The first kappa shape index (κ1) is 16.1. The van der Waals surface area contributed by atoms with Crippen LogP contribution in [0, 0.1) is 0 Å². The molecule has 6 heteroatoms. The standard InChI is InChI=1S/C18H15F3N2O/c1-24-16-10-11(18(19,20)21)6-7-14(16)17-13-5-3-2-4-12(13)15(22)8-9-23-17/h2-8,10H,9,22H2,1H3. The van der Waals surface area contributed by atoms with Gasteiger partial charge in [0, 0.05) is 22.4 Å². The first-order chi connectivity index (χ1) is 11.4. The number of hydrogen-bond donors (Lipinski definition) is 1. The van der Waals surface area contributed by atoms with E-state index in [0.29, 0.717) is 23.5 Å². The Kier molecular flexibility index (Phi) is 4.05. The van der Waals surface area contributed by atoms with Gasteiger partial charge in [-0.05, 0) is 24.3 Å². The molecule has 3 nitrogen and oxygen atoms in total. The van der Waals surface area contributed by atoms with Crippen LogP contribution in [0.2, 0.25) is 0 Å². The summed E-state index contributed by atoms with van der Waals surface area (Å²) in [5.41, 5.74) is 8.51. The molecule has 1 aliphatic heterocycles. The summed E-state index contributed by atoms with van der Waals surface area (Å²) in [6.45, 7) is 0.347. The van der Waals surface area contributed by atoms with Crippen molar-refractivity contribution in [1.29, 1.82) is 0 Å². The molecule has 1 heterocycles. The molecule has 2 aromatic carbocycles. The topological polar surface area (TPSA) is 47.6 Å². The van der Waals surface area contributed by atoms with E-state index in [1.54, 1.807) is 6.08 Å². The number of benzene rings is 2. The molecule has 0 saturated carbocycles. The van der Waals surface area contributed by atoms with Gasteiger partial charge < -0.3 is 10.5 Å². The Hall–Kier alpha value is -2.76. The zero-order valence-electron chi connectivity index (χ0n) is 12.9. The molecule has 0 spiro atoms. The number of nitrogens with two attached hydrogens (primary N) is 1. The molecule has 0 fully saturated rings. The molecule has 0 bridgehead atoms. The Morgan fingerprint density at radius 3 is 2.42 bits per heavy atom. The van der Waals surface area contributed by atoms with Crippen molar-refractivity contribution in [1.82, 2.24) is 0 Å². The highest BCUT2D eigenvalue weighted by molar-refractivity contribution is 6.17. The second kappa shape index (κ2) is 6.03. The number of halogens is 3. The lowest BCUT2D eigenvalue weighted by atomic mass is 9.95. The van der Waals surface area contributed by atoms with Gasteiger partial charge in [0.2, 0.25) is 0 Å². The van der Waals surface area contributed by atoms with E-state index in [0.717, 1.165) is 23.3 Å². The Labute approximate surface area is 137 Å². The molecule has 0 aromatic heterocycles. The fourth-order valence-corrected chi connectivity index (χ4v) is 2.67. The number of aliphatic imine (C=N–C) groups is 1. The summed E-state index contributed by atoms with van der Waals surface area (Å²) in [4.78, 5) is 4.48. The lowest BCUT2D eigenvalue weighted by Crippen LogP contribution is -2.11. The summed E-state index contributed by atoms with van der Waals surface area (Å²) in [5.74, 6) is 0.124. The minimum absolute atomic E-state index is 0.124. The number of ether oxygens (including phenoxy) is 1. The second-order valence-corrected chi connectivity index (χ2v) is 5.31. The number of methoxy groups -OCH3 is 1. The van der Waals surface area contributed by atoms with Crippen LogP contribution in [0.5, 0.6) is 5.75 Å². The third-order valence-corrected chi connectivity index (χ3v) is 3.84. The van der Waals surface area contributed by atoms with E-state index in [4.69, 9.17) is 10.5 Å². The summed E-state index contributed by atoms with van der Waals surface area (Å²) >= 11 is 0. The monoisotopic (exact) mass is 332 g/mol. The third-order valence-electron chi connectivity index (χ3n) is 3.84. The Morgan fingerprint density at radius 1 is 1.04 bits per heavy atom. The zero-order valence-corrected chi connectivity index (χ0v) is 12.9. The molecule has 1 aliphatic rings. The molecule has 2 N–H and O–H groups in total. The minimum atomic E-state index is -4.43. The van der Waals surface area contributed by atoms with Crippen LogP contribution < -0.4 is 10.5 Å². The second-order valence-electron chi connectivity index (χ2n) is 5.31. The van der Waals surface area contributed by atoms with Crippen molar-refractivity contribution in [3.8, 4) is 5.75 Å². The molecule has 0 saturated heterocycles. The summed E-state index contributed by atoms with van der Waals surface area (Å²) in [6.07, 6.45) is -2.65. The fraction of sp³-hybridized carbons (Fsp3) is 0.167. The number of alkyl halides is 3. The quantitative estimate of drug-likeness (QED) is 0.908. The zero-order chi connectivity index (χ0) is 17.3. The van der Waals surface area contributed by atoms with Crippen LogP contribution in [0.1, 0.15) is 22.3 Å². The van der Waals surface area contributed by atoms with E-state index in [2.05, 4.69) is 4.99 Å². The molecule has 0 radical (unpaired) electrons. The number of rotatable bonds is 2. The normalized spacial score (nSPS) is 14.3. The fourth-order valence-electron chi connectivity index (χ4n) is 2.67. The molecule has 24 heavy (non-hydrogen) atoms. The Morgan fingerprint density at radius 2 is 1.75 bits per heavy atom. The lowest BCUT2D eigenvalue weighted by molar-refractivity contribution is -0.137. The lowest BCUT2D eigenvalue weighted by Gasteiger charge is -2.15. The molecule has 0 amide bonds. The average molecular weight is 332 g/mol. The van der Waals surface area contributed by atoms with Crippen molar-refractivity contribution in [2.24, 2.45) is 10.7 Å². The summed E-state index contributed by atoms with van der Waals surface area (Å²) in [7, 11) is 1.34. The minimum Gasteiger partial charge on any atom is -0.496 e. The van der Waals surface area contributed by atoms with Gasteiger partial charge in [0.25, 0.3) is 0 Å². The van der Waals surface area contributed by atoms with Crippen LogP contribution >= 0.6 is 0 Å². The van der Waals surface area contributed by atoms with Crippen LogP contribution in [-0.4, -0.2) is 19.4 Å². The SMILES string of the molecule is COc1cc(C(F)(F)F)ccc1C1=NCC=C(N)c2ccccc21. The molecule has 3 rings (SSSR count). The molecule has 0 unspecified atom stereocenters. The van der Waals surface area contributed by atoms with E-state index in [9.17, 15) is 13.2 Å². The van der Waals surface area contributed by atoms with Gasteiger partial charge in [0.15, 0.2) is 0 Å². The number of hydrogen-bond acceptors (Lipinski definition) is 3. The smallest absolute Gasteiger partial charge is 0.416 e. The van der Waals surface area contributed by atoms with Gasteiger partial charge in [0.1, 0.15) is 5.75 Å². The van der Waals surface area contributed by atoms with Crippen molar-refractivity contribution < 1.29 is 17.9 Å². The maximum absolute atomic E-state index is 12.9. The van der Waals surface area contributed by atoms with Crippen LogP contribution in [-0.2, 0) is 6.18 Å². The molecule has 0 aliphatic carbocycles. The summed E-state index contributed by atoms with van der Waals surface area (Å²) in [6, 6.07) is 10.8. The van der Waals surface area contributed by atoms with Crippen LogP contribution in [0.15, 0.2) is 53.5 Å². The maximum Gasteiger partial charge on any atom is 0.416 e. The Balaban J connectivity index is 2.16. The highest BCUT2D eigenvalue weighted by Crippen LogP contribution is 2.34.